The number of anilines is 3. The first-order chi connectivity index (χ1) is 14.0. The van der Waals surface area contributed by atoms with Crippen LogP contribution >= 0.6 is 0 Å². The highest BCUT2D eigenvalue weighted by atomic mass is 16.5. The number of fused-ring (bicyclic) bond motifs is 1. The highest BCUT2D eigenvalue weighted by molar-refractivity contribution is 6.03. The number of nitrogens with zero attached hydrogens (tertiary/aromatic N) is 5. The smallest absolute Gasteiger partial charge is 0.317 e. The fourth-order valence-corrected chi connectivity index (χ4v) is 3.06. The summed E-state index contributed by atoms with van der Waals surface area (Å²) in [7, 11) is 3.35. The minimum atomic E-state index is -0.684. The van der Waals surface area contributed by atoms with Gasteiger partial charge in [-0.2, -0.15) is 0 Å². The van der Waals surface area contributed by atoms with Gasteiger partial charge in [-0.1, -0.05) is 0 Å². The Balaban J connectivity index is 1.76. The van der Waals surface area contributed by atoms with E-state index in [0.717, 1.165) is 22.2 Å². The zero-order valence-electron chi connectivity index (χ0n) is 16.0. The first-order valence-corrected chi connectivity index (χ1v) is 8.67. The predicted octanol–water partition coefficient (Wildman–Crippen LogP) is 2.30. The standard InChI is InChI=1S/C18H19N9O2/c1-9-6-22-18(23-12-8-27(2)26-16(12)29-3)24-13(9)11-7-21-14-10(11)4-5-20-15(14)25-17(19)28/h4-8,21H,1-3H3,(H,22,23,24)(H3,19,20,25,28). The van der Waals surface area contributed by atoms with Crippen molar-refractivity contribution in [3.05, 3.63) is 36.4 Å². The number of amides is 2. The number of H-pyrrole nitrogens is 1. The van der Waals surface area contributed by atoms with E-state index in [1.165, 1.54) is 0 Å². The van der Waals surface area contributed by atoms with Gasteiger partial charge in [0.1, 0.15) is 5.69 Å². The Labute approximate surface area is 165 Å². The summed E-state index contributed by atoms with van der Waals surface area (Å²) in [6.07, 6.45) is 6.92. The molecule has 0 saturated heterocycles. The Morgan fingerprint density at radius 3 is 2.93 bits per heavy atom. The van der Waals surface area contributed by atoms with Crippen molar-refractivity contribution < 1.29 is 9.53 Å². The number of primary amides is 1. The number of rotatable bonds is 5. The third-order valence-electron chi connectivity index (χ3n) is 4.31. The highest BCUT2D eigenvalue weighted by Crippen LogP contribution is 2.33. The van der Waals surface area contributed by atoms with Crippen LogP contribution in [0.1, 0.15) is 5.56 Å². The van der Waals surface area contributed by atoms with E-state index in [-0.39, 0.29) is 0 Å². The second-order valence-electron chi connectivity index (χ2n) is 6.35. The number of aromatic amines is 1. The van der Waals surface area contributed by atoms with Crippen LogP contribution in [0.4, 0.5) is 22.2 Å². The molecule has 11 heteroatoms. The van der Waals surface area contributed by atoms with Crippen LogP contribution in [0, 0.1) is 6.92 Å². The van der Waals surface area contributed by atoms with E-state index < -0.39 is 6.03 Å². The summed E-state index contributed by atoms with van der Waals surface area (Å²) in [6, 6.07) is 1.16. The lowest BCUT2D eigenvalue weighted by Crippen LogP contribution is -2.20. The maximum absolute atomic E-state index is 11.2. The van der Waals surface area contributed by atoms with Gasteiger partial charge in [0, 0.05) is 36.6 Å². The number of urea groups is 1. The number of nitrogens with one attached hydrogen (secondary N) is 3. The monoisotopic (exact) mass is 393 g/mol. The molecule has 4 heterocycles. The Hall–Kier alpha value is -4.15. The van der Waals surface area contributed by atoms with Crippen molar-refractivity contribution in [3.63, 3.8) is 0 Å². The van der Waals surface area contributed by atoms with Crippen molar-refractivity contribution >= 4 is 34.4 Å². The average molecular weight is 393 g/mol. The SMILES string of the molecule is COc1nn(C)cc1Nc1ncc(C)c(-c2c[nH]c3c(NC(N)=O)nccc23)n1. The Morgan fingerprint density at radius 2 is 2.17 bits per heavy atom. The molecule has 0 spiro atoms. The first-order valence-electron chi connectivity index (χ1n) is 8.67. The molecule has 0 atom stereocenters. The zero-order valence-corrected chi connectivity index (χ0v) is 16.0. The first kappa shape index (κ1) is 18.2. The number of aryl methyl sites for hydroxylation is 2. The third-order valence-corrected chi connectivity index (χ3v) is 4.31. The molecule has 0 aromatic carbocycles. The third kappa shape index (κ3) is 3.40. The molecular formula is C18H19N9O2. The number of aromatic nitrogens is 6. The average Bonchev–Trinajstić information content (AvgIpc) is 3.26. The van der Waals surface area contributed by atoms with E-state index in [1.807, 2.05) is 19.2 Å². The minimum absolute atomic E-state index is 0.353. The minimum Gasteiger partial charge on any atom is -0.478 e. The van der Waals surface area contributed by atoms with Crippen molar-refractivity contribution in [1.29, 1.82) is 0 Å². The largest absolute Gasteiger partial charge is 0.478 e. The maximum atomic E-state index is 11.2. The lowest BCUT2D eigenvalue weighted by Gasteiger charge is -2.08. The molecule has 0 aliphatic carbocycles. The molecule has 2 amide bonds. The molecule has 0 bridgehead atoms. The molecule has 0 unspecified atom stereocenters. The molecule has 0 radical (unpaired) electrons. The second-order valence-corrected chi connectivity index (χ2v) is 6.35. The van der Waals surface area contributed by atoms with Crippen molar-refractivity contribution in [3.8, 4) is 17.1 Å². The van der Waals surface area contributed by atoms with Crippen LogP contribution in [-0.2, 0) is 7.05 Å². The number of methoxy groups -OCH3 is 1. The molecule has 29 heavy (non-hydrogen) atoms. The number of nitrogens with two attached hydrogens (primary N) is 1. The number of hydrogen-bond donors (Lipinski definition) is 4. The van der Waals surface area contributed by atoms with Crippen LogP contribution < -0.4 is 21.1 Å². The number of carbonyl (C=O) groups is 1. The normalized spacial score (nSPS) is 10.9. The van der Waals surface area contributed by atoms with Gasteiger partial charge in [0.2, 0.25) is 5.95 Å². The lowest BCUT2D eigenvalue weighted by molar-refractivity contribution is 0.259. The zero-order chi connectivity index (χ0) is 20.5. The molecule has 0 fully saturated rings. The molecule has 11 nitrogen and oxygen atoms in total. The number of hydrogen-bond acceptors (Lipinski definition) is 7. The summed E-state index contributed by atoms with van der Waals surface area (Å²) >= 11 is 0. The van der Waals surface area contributed by atoms with Gasteiger partial charge in [-0.05, 0) is 18.6 Å². The molecule has 148 valence electrons. The lowest BCUT2D eigenvalue weighted by atomic mass is 10.1. The Kier molecular flexibility index (Phi) is 4.47. The molecule has 4 aromatic heterocycles. The highest BCUT2D eigenvalue weighted by Gasteiger charge is 2.16. The van der Waals surface area contributed by atoms with Crippen molar-refractivity contribution in [2.75, 3.05) is 17.7 Å². The second kappa shape index (κ2) is 7.11. The number of ether oxygens (including phenoxy) is 1. The van der Waals surface area contributed by atoms with Crippen LogP contribution in [0.5, 0.6) is 5.88 Å². The van der Waals surface area contributed by atoms with Crippen LogP contribution in [0.3, 0.4) is 0 Å². The fraction of sp³-hybridized carbons (Fsp3) is 0.167. The molecule has 4 aromatic rings. The molecule has 0 aliphatic heterocycles. The quantitative estimate of drug-likeness (QED) is 0.406. The van der Waals surface area contributed by atoms with E-state index in [0.29, 0.717) is 28.9 Å². The van der Waals surface area contributed by atoms with E-state index >= 15 is 0 Å². The van der Waals surface area contributed by atoms with Gasteiger partial charge in [-0.25, -0.2) is 19.7 Å². The van der Waals surface area contributed by atoms with Gasteiger partial charge in [-0.3, -0.25) is 10.00 Å². The molecule has 0 saturated carbocycles. The van der Waals surface area contributed by atoms with E-state index in [9.17, 15) is 4.79 Å². The van der Waals surface area contributed by atoms with Gasteiger partial charge in [-0.15, -0.1) is 5.10 Å². The van der Waals surface area contributed by atoms with Gasteiger partial charge in [0.25, 0.3) is 5.88 Å². The van der Waals surface area contributed by atoms with Crippen LogP contribution in [0.2, 0.25) is 0 Å². The van der Waals surface area contributed by atoms with Crippen LogP contribution in [0.15, 0.2) is 30.9 Å². The van der Waals surface area contributed by atoms with Crippen LogP contribution in [0.25, 0.3) is 22.2 Å². The van der Waals surface area contributed by atoms with E-state index in [1.54, 1.807) is 37.4 Å². The summed E-state index contributed by atoms with van der Waals surface area (Å²) in [5.41, 5.74) is 8.99. The Morgan fingerprint density at radius 1 is 1.34 bits per heavy atom. The van der Waals surface area contributed by atoms with Gasteiger partial charge in [0.15, 0.2) is 5.82 Å². The summed E-state index contributed by atoms with van der Waals surface area (Å²) in [4.78, 5) is 27.5. The van der Waals surface area contributed by atoms with Gasteiger partial charge < -0.3 is 20.8 Å². The van der Waals surface area contributed by atoms with Gasteiger partial charge in [0.05, 0.1) is 24.5 Å². The summed E-state index contributed by atoms with van der Waals surface area (Å²) < 4.78 is 6.90. The van der Waals surface area contributed by atoms with Gasteiger partial charge >= 0.3 is 6.03 Å². The Bertz CT molecular complexity index is 1210. The molecule has 4 rings (SSSR count). The van der Waals surface area contributed by atoms with E-state index in [2.05, 4.69) is 35.7 Å². The molecule has 5 N–H and O–H groups in total. The van der Waals surface area contributed by atoms with Crippen molar-refractivity contribution in [2.24, 2.45) is 12.8 Å². The summed E-state index contributed by atoms with van der Waals surface area (Å²) in [5, 5.41) is 10.7. The van der Waals surface area contributed by atoms with E-state index in [4.69, 9.17) is 10.5 Å². The fourth-order valence-electron chi connectivity index (χ4n) is 3.06. The molecule has 0 aliphatic rings. The summed E-state index contributed by atoms with van der Waals surface area (Å²) in [5.74, 6) is 1.20. The maximum Gasteiger partial charge on any atom is 0.317 e. The predicted molar refractivity (Wildman–Crippen MR) is 108 cm³/mol. The number of pyridine rings is 1. The molecular weight excluding hydrogens is 374 g/mol. The van der Waals surface area contributed by atoms with Crippen LogP contribution in [-0.4, -0.2) is 42.9 Å². The van der Waals surface area contributed by atoms with Crippen molar-refractivity contribution in [1.82, 2.24) is 29.7 Å². The summed E-state index contributed by atoms with van der Waals surface area (Å²) in [6.45, 7) is 1.92. The number of carbonyl (C=O) groups excluding carboxylic acids is 1. The topological polar surface area (TPSA) is 149 Å². The van der Waals surface area contributed by atoms with Crippen molar-refractivity contribution in [2.45, 2.75) is 6.92 Å².